The highest BCUT2D eigenvalue weighted by molar-refractivity contribution is 5.34. The zero-order chi connectivity index (χ0) is 13.4. The van der Waals surface area contributed by atoms with Gasteiger partial charge < -0.3 is 9.84 Å². The van der Waals surface area contributed by atoms with Gasteiger partial charge in [-0.05, 0) is 44.4 Å². The Labute approximate surface area is 109 Å². The minimum Gasteiger partial charge on any atom is -0.508 e. The van der Waals surface area contributed by atoms with E-state index in [4.69, 9.17) is 4.74 Å². The highest BCUT2D eigenvalue weighted by Crippen LogP contribution is 2.41. The summed E-state index contributed by atoms with van der Waals surface area (Å²) in [5, 5.41) is 9.35. The maximum Gasteiger partial charge on any atom is 0.115 e. The van der Waals surface area contributed by atoms with Crippen LogP contribution >= 0.6 is 0 Å². The average Bonchev–Trinajstić information content (AvgIpc) is 2.95. The van der Waals surface area contributed by atoms with E-state index in [1.54, 1.807) is 12.1 Å². The molecular weight excluding hydrogens is 224 g/mol. The molecule has 0 saturated carbocycles. The minimum absolute atomic E-state index is 0.0526. The Bertz CT molecular complexity index is 433. The lowest BCUT2D eigenvalue weighted by Gasteiger charge is -2.26. The van der Waals surface area contributed by atoms with Gasteiger partial charge in [0.1, 0.15) is 5.75 Å². The van der Waals surface area contributed by atoms with Crippen LogP contribution in [0.5, 0.6) is 5.75 Å². The van der Waals surface area contributed by atoms with Crippen LogP contribution in [0.3, 0.4) is 0 Å². The summed E-state index contributed by atoms with van der Waals surface area (Å²) >= 11 is 0. The number of ether oxygens (including phenoxy) is 1. The fraction of sp³-hybridized carbons (Fsp3) is 0.500. The summed E-state index contributed by atoms with van der Waals surface area (Å²) < 4.78 is 5.62. The van der Waals surface area contributed by atoms with E-state index < -0.39 is 0 Å². The van der Waals surface area contributed by atoms with Crippen LogP contribution in [0.4, 0.5) is 0 Å². The molecule has 1 aliphatic heterocycles. The van der Waals surface area contributed by atoms with Gasteiger partial charge in [-0.25, -0.2) is 0 Å². The van der Waals surface area contributed by atoms with E-state index in [1.807, 2.05) is 18.2 Å². The Morgan fingerprint density at radius 3 is 2.39 bits per heavy atom. The van der Waals surface area contributed by atoms with Crippen LogP contribution in [0.25, 0.3) is 0 Å². The Hall–Kier alpha value is -1.28. The van der Waals surface area contributed by atoms with Gasteiger partial charge in [-0.1, -0.05) is 25.1 Å². The van der Waals surface area contributed by atoms with E-state index >= 15 is 0 Å². The zero-order valence-electron chi connectivity index (χ0n) is 11.4. The first-order valence-corrected chi connectivity index (χ1v) is 6.48. The van der Waals surface area contributed by atoms with Gasteiger partial charge >= 0.3 is 0 Å². The number of benzene rings is 1. The highest BCUT2D eigenvalue weighted by atomic mass is 16.6. The monoisotopic (exact) mass is 246 g/mol. The Morgan fingerprint density at radius 1 is 1.39 bits per heavy atom. The number of rotatable bonds is 5. The number of phenolic OH excluding ortho intramolecular Hbond substituents is 1. The standard InChI is InChI=1S/C16H22O2/c1-5-16(4,11-10-14-15(2,3)18-14)12-6-8-13(17)9-7-12/h5-9,14,17H,1,10-11H2,2-4H3/t14?,16-/m1/s1. The number of phenols is 1. The maximum absolute atomic E-state index is 9.35. The molecule has 98 valence electrons. The van der Waals surface area contributed by atoms with Crippen molar-refractivity contribution in [2.75, 3.05) is 0 Å². The molecule has 18 heavy (non-hydrogen) atoms. The van der Waals surface area contributed by atoms with E-state index in [2.05, 4.69) is 27.4 Å². The van der Waals surface area contributed by atoms with Crippen LogP contribution < -0.4 is 0 Å². The smallest absolute Gasteiger partial charge is 0.115 e. The highest BCUT2D eigenvalue weighted by Gasteiger charge is 2.47. The van der Waals surface area contributed by atoms with Gasteiger partial charge in [-0.3, -0.25) is 0 Å². The molecule has 0 radical (unpaired) electrons. The second kappa shape index (κ2) is 4.43. The fourth-order valence-corrected chi connectivity index (χ4v) is 2.38. The summed E-state index contributed by atoms with van der Waals surface area (Å²) in [6, 6.07) is 7.40. The lowest BCUT2D eigenvalue weighted by atomic mass is 9.78. The number of epoxide rings is 1. The molecule has 1 fully saturated rings. The van der Waals surface area contributed by atoms with Crippen molar-refractivity contribution >= 4 is 0 Å². The summed E-state index contributed by atoms with van der Waals surface area (Å²) in [7, 11) is 0. The number of aromatic hydroxyl groups is 1. The van der Waals surface area contributed by atoms with Gasteiger partial charge in [0.2, 0.25) is 0 Å². The quantitative estimate of drug-likeness (QED) is 0.633. The van der Waals surface area contributed by atoms with Gasteiger partial charge in [0.15, 0.2) is 0 Å². The Balaban J connectivity index is 2.05. The first kappa shape index (κ1) is 13.2. The molecule has 1 saturated heterocycles. The van der Waals surface area contributed by atoms with Gasteiger partial charge in [0.05, 0.1) is 11.7 Å². The third-order valence-electron chi connectivity index (χ3n) is 4.07. The third-order valence-corrected chi connectivity index (χ3v) is 4.07. The summed E-state index contributed by atoms with van der Waals surface area (Å²) in [4.78, 5) is 0. The molecule has 2 nitrogen and oxygen atoms in total. The van der Waals surface area contributed by atoms with Crippen LogP contribution in [-0.4, -0.2) is 16.8 Å². The first-order valence-electron chi connectivity index (χ1n) is 6.48. The fourth-order valence-electron chi connectivity index (χ4n) is 2.38. The molecule has 2 heteroatoms. The molecule has 1 aromatic carbocycles. The van der Waals surface area contributed by atoms with Gasteiger partial charge in [0, 0.05) is 5.41 Å². The molecule has 0 amide bonds. The molecule has 1 aromatic rings. The molecule has 1 aliphatic rings. The van der Waals surface area contributed by atoms with E-state index in [9.17, 15) is 5.11 Å². The zero-order valence-corrected chi connectivity index (χ0v) is 11.4. The van der Waals surface area contributed by atoms with Crippen LogP contribution in [0.1, 0.15) is 39.2 Å². The summed E-state index contributed by atoms with van der Waals surface area (Å²) in [5.41, 5.74) is 1.18. The Morgan fingerprint density at radius 2 is 1.94 bits per heavy atom. The van der Waals surface area contributed by atoms with Crippen molar-refractivity contribution in [2.45, 2.75) is 50.7 Å². The largest absolute Gasteiger partial charge is 0.508 e. The predicted octanol–water partition coefficient (Wildman–Crippen LogP) is 3.79. The molecule has 2 rings (SSSR count). The van der Waals surface area contributed by atoms with E-state index in [0.29, 0.717) is 11.9 Å². The molecule has 0 aliphatic carbocycles. The van der Waals surface area contributed by atoms with Gasteiger partial charge in [0.25, 0.3) is 0 Å². The summed E-state index contributed by atoms with van der Waals surface area (Å²) in [6.07, 6.45) is 4.41. The van der Waals surface area contributed by atoms with E-state index in [-0.39, 0.29) is 11.0 Å². The van der Waals surface area contributed by atoms with Crippen LogP contribution in [-0.2, 0) is 10.2 Å². The maximum atomic E-state index is 9.35. The molecule has 0 bridgehead atoms. The number of allylic oxidation sites excluding steroid dienone is 1. The molecule has 1 unspecified atom stereocenters. The molecule has 1 N–H and O–H groups in total. The molecule has 0 spiro atoms. The SMILES string of the molecule is C=C[C@](C)(CCC1OC1(C)C)c1ccc(O)cc1. The summed E-state index contributed by atoms with van der Waals surface area (Å²) in [5.74, 6) is 0.303. The van der Waals surface area contributed by atoms with Crippen LogP contribution in [0.15, 0.2) is 36.9 Å². The van der Waals surface area contributed by atoms with Crippen molar-refractivity contribution in [1.82, 2.24) is 0 Å². The lowest BCUT2D eigenvalue weighted by molar-refractivity contribution is 0.314. The van der Waals surface area contributed by atoms with E-state index in [0.717, 1.165) is 12.8 Å². The van der Waals surface area contributed by atoms with Crippen molar-refractivity contribution in [3.05, 3.63) is 42.5 Å². The predicted molar refractivity (Wildman–Crippen MR) is 73.8 cm³/mol. The third kappa shape index (κ3) is 2.59. The normalized spacial score (nSPS) is 24.3. The average molecular weight is 246 g/mol. The molecular formula is C16H22O2. The van der Waals surface area contributed by atoms with Crippen molar-refractivity contribution in [1.29, 1.82) is 0 Å². The lowest BCUT2D eigenvalue weighted by Crippen LogP contribution is -2.20. The van der Waals surface area contributed by atoms with Crippen molar-refractivity contribution < 1.29 is 9.84 Å². The topological polar surface area (TPSA) is 32.8 Å². The second-order valence-corrected chi connectivity index (χ2v) is 5.92. The molecule has 0 aromatic heterocycles. The van der Waals surface area contributed by atoms with Crippen molar-refractivity contribution in [3.63, 3.8) is 0 Å². The van der Waals surface area contributed by atoms with Crippen LogP contribution in [0.2, 0.25) is 0 Å². The molecule has 2 atom stereocenters. The Kier molecular flexibility index (Phi) is 3.24. The van der Waals surface area contributed by atoms with Crippen molar-refractivity contribution in [3.8, 4) is 5.75 Å². The summed E-state index contributed by atoms with van der Waals surface area (Å²) in [6.45, 7) is 10.4. The second-order valence-electron chi connectivity index (χ2n) is 5.92. The van der Waals surface area contributed by atoms with Gasteiger partial charge in [-0.15, -0.1) is 6.58 Å². The number of hydrogen-bond donors (Lipinski definition) is 1. The first-order chi connectivity index (χ1) is 8.37. The van der Waals surface area contributed by atoms with Gasteiger partial charge in [-0.2, -0.15) is 0 Å². The number of hydrogen-bond acceptors (Lipinski definition) is 2. The van der Waals surface area contributed by atoms with E-state index in [1.165, 1.54) is 5.56 Å². The molecule has 1 heterocycles. The minimum atomic E-state index is -0.0598. The van der Waals surface area contributed by atoms with Crippen molar-refractivity contribution in [2.24, 2.45) is 0 Å². The van der Waals surface area contributed by atoms with Crippen LogP contribution in [0, 0.1) is 0 Å².